The average molecular weight is 285 g/mol. The molecule has 4 heteroatoms. The van der Waals surface area contributed by atoms with Gasteiger partial charge in [-0.05, 0) is 11.6 Å². The fourth-order valence-electron chi connectivity index (χ4n) is 2.09. The number of anilines is 1. The summed E-state index contributed by atoms with van der Waals surface area (Å²) in [7, 11) is 4.69. The van der Waals surface area contributed by atoms with Crippen molar-refractivity contribution < 1.29 is 14.2 Å². The first-order valence-corrected chi connectivity index (χ1v) is 6.52. The molecule has 0 bridgehead atoms. The lowest BCUT2D eigenvalue weighted by Gasteiger charge is -2.15. The van der Waals surface area contributed by atoms with E-state index in [1.54, 1.807) is 21.3 Å². The van der Waals surface area contributed by atoms with Crippen LogP contribution in [-0.2, 0) is 0 Å². The quantitative estimate of drug-likeness (QED) is 0.675. The van der Waals surface area contributed by atoms with E-state index in [2.05, 4.69) is 0 Å². The third kappa shape index (κ3) is 3.11. The van der Waals surface area contributed by atoms with Crippen molar-refractivity contribution in [2.24, 2.45) is 0 Å². The van der Waals surface area contributed by atoms with Crippen LogP contribution in [0.5, 0.6) is 17.2 Å². The van der Waals surface area contributed by atoms with Gasteiger partial charge in [-0.25, -0.2) is 0 Å². The Morgan fingerprint density at radius 3 is 2.10 bits per heavy atom. The summed E-state index contributed by atoms with van der Waals surface area (Å²) in [4.78, 5) is 0. The number of methoxy groups -OCH3 is 3. The van der Waals surface area contributed by atoms with Crippen molar-refractivity contribution in [1.29, 1.82) is 0 Å². The normalized spacial score (nSPS) is 10.6. The van der Waals surface area contributed by atoms with E-state index in [1.807, 2.05) is 48.6 Å². The second-order valence-corrected chi connectivity index (χ2v) is 4.39. The van der Waals surface area contributed by atoms with Crippen LogP contribution in [0, 0.1) is 0 Å². The molecule has 0 atom stereocenters. The smallest absolute Gasteiger partial charge is 0.205 e. The van der Waals surface area contributed by atoms with Gasteiger partial charge in [0.25, 0.3) is 0 Å². The van der Waals surface area contributed by atoms with Crippen LogP contribution in [-0.4, -0.2) is 21.3 Å². The predicted octanol–water partition coefficient (Wildman–Crippen LogP) is 3.47. The molecule has 0 aliphatic carbocycles. The lowest BCUT2D eigenvalue weighted by atomic mass is 10.1. The molecule has 2 aromatic rings. The maximum atomic E-state index is 6.15. The molecule has 0 amide bonds. The second kappa shape index (κ2) is 6.70. The minimum Gasteiger partial charge on any atom is -0.493 e. The van der Waals surface area contributed by atoms with E-state index in [0.29, 0.717) is 22.9 Å². The topological polar surface area (TPSA) is 53.7 Å². The molecule has 0 spiro atoms. The maximum absolute atomic E-state index is 6.15. The molecular weight excluding hydrogens is 266 g/mol. The molecule has 0 heterocycles. The molecule has 0 aliphatic heterocycles. The summed E-state index contributed by atoms with van der Waals surface area (Å²) in [5, 5.41) is 0. The Bertz CT molecular complexity index is 636. The van der Waals surface area contributed by atoms with Crippen LogP contribution in [0.3, 0.4) is 0 Å². The van der Waals surface area contributed by atoms with Crippen molar-refractivity contribution in [3.8, 4) is 17.2 Å². The molecule has 0 aromatic heterocycles. The van der Waals surface area contributed by atoms with Crippen molar-refractivity contribution >= 4 is 17.8 Å². The Hall–Kier alpha value is -2.62. The van der Waals surface area contributed by atoms with E-state index >= 15 is 0 Å². The third-order valence-electron chi connectivity index (χ3n) is 3.16. The zero-order chi connectivity index (χ0) is 15.2. The number of nitrogen functional groups attached to an aromatic ring is 1. The molecule has 2 rings (SSSR count). The van der Waals surface area contributed by atoms with E-state index in [9.17, 15) is 0 Å². The van der Waals surface area contributed by atoms with Gasteiger partial charge in [-0.15, -0.1) is 0 Å². The van der Waals surface area contributed by atoms with Gasteiger partial charge in [-0.1, -0.05) is 42.5 Å². The van der Waals surface area contributed by atoms with Gasteiger partial charge in [0.15, 0.2) is 11.5 Å². The van der Waals surface area contributed by atoms with Gasteiger partial charge in [0.1, 0.15) is 0 Å². The fourth-order valence-corrected chi connectivity index (χ4v) is 2.09. The van der Waals surface area contributed by atoms with Crippen LogP contribution in [0.4, 0.5) is 5.69 Å². The number of hydrogen-bond donors (Lipinski definition) is 1. The molecule has 21 heavy (non-hydrogen) atoms. The minimum atomic E-state index is 0.476. The summed E-state index contributed by atoms with van der Waals surface area (Å²) in [6.07, 6.45) is 3.91. The highest BCUT2D eigenvalue weighted by molar-refractivity contribution is 5.82. The Morgan fingerprint density at radius 2 is 1.52 bits per heavy atom. The van der Waals surface area contributed by atoms with Crippen molar-refractivity contribution in [3.63, 3.8) is 0 Å². The van der Waals surface area contributed by atoms with Gasteiger partial charge in [0.05, 0.1) is 27.0 Å². The van der Waals surface area contributed by atoms with E-state index < -0.39 is 0 Å². The number of rotatable bonds is 5. The summed E-state index contributed by atoms with van der Waals surface area (Å²) in [5.74, 6) is 1.55. The third-order valence-corrected chi connectivity index (χ3v) is 3.16. The molecule has 0 fully saturated rings. The van der Waals surface area contributed by atoms with Gasteiger partial charge in [0, 0.05) is 5.56 Å². The van der Waals surface area contributed by atoms with Crippen molar-refractivity contribution in [1.82, 2.24) is 0 Å². The van der Waals surface area contributed by atoms with E-state index in [0.717, 1.165) is 11.1 Å². The number of ether oxygens (including phenoxy) is 3. The highest BCUT2D eigenvalue weighted by Gasteiger charge is 2.17. The van der Waals surface area contributed by atoms with Crippen molar-refractivity contribution in [3.05, 3.63) is 47.5 Å². The van der Waals surface area contributed by atoms with Gasteiger partial charge in [-0.2, -0.15) is 0 Å². The van der Waals surface area contributed by atoms with Crippen molar-refractivity contribution in [2.75, 3.05) is 27.1 Å². The Morgan fingerprint density at radius 1 is 0.857 bits per heavy atom. The zero-order valence-corrected chi connectivity index (χ0v) is 12.4. The summed E-state index contributed by atoms with van der Waals surface area (Å²) < 4.78 is 16.0. The molecule has 110 valence electrons. The first-order chi connectivity index (χ1) is 10.2. The van der Waals surface area contributed by atoms with Crippen LogP contribution >= 0.6 is 0 Å². The first kappa shape index (κ1) is 14.8. The molecule has 4 nitrogen and oxygen atoms in total. The molecular formula is C17H19NO3. The predicted molar refractivity (Wildman–Crippen MR) is 85.9 cm³/mol. The SMILES string of the molecule is COc1cc(/C=C/c2ccccc2)c(N)c(OC)c1OC. The van der Waals surface area contributed by atoms with Crippen molar-refractivity contribution in [2.45, 2.75) is 0 Å². The largest absolute Gasteiger partial charge is 0.493 e. The van der Waals surface area contributed by atoms with Crippen LogP contribution in [0.1, 0.15) is 11.1 Å². The highest BCUT2D eigenvalue weighted by atomic mass is 16.5. The van der Waals surface area contributed by atoms with E-state index in [1.165, 1.54) is 0 Å². The molecule has 0 radical (unpaired) electrons. The lowest BCUT2D eigenvalue weighted by Crippen LogP contribution is -2.01. The van der Waals surface area contributed by atoms with Crippen LogP contribution in [0.25, 0.3) is 12.2 Å². The highest BCUT2D eigenvalue weighted by Crippen LogP contribution is 2.44. The van der Waals surface area contributed by atoms with Gasteiger partial charge >= 0.3 is 0 Å². The second-order valence-electron chi connectivity index (χ2n) is 4.39. The molecule has 2 aromatic carbocycles. The molecule has 0 saturated heterocycles. The minimum absolute atomic E-state index is 0.476. The monoisotopic (exact) mass is 285 g/mol. The summed E-state index contributed by atoms with van der Waals surface area (Å²) in [6.45, 7) is 0. The fraction of sp³-hybridized carbons (Fsp3) is 0.176. The number of nitrogens with two attached hydrogens (primary N) is 1. The summed E-state index contributed by atoms with van der Waals surface area (Å²) in [5.41, 5.74) is 8.56. The molecule has 0 unspecified atom stereocenters. The van der Waals surface area contributed by atoms with Crippen LogP contribution < -0.4 is 19.9 Å². The lowest BCUT2D eigenvalue weighted by molar-refractivity contribution is 0.325. The average Bonchev–Trinajstić information content (AvgIpc) is 2.54. The molecule has 0 saturated carbocycles. The van der Waals surface area contributed by atoms with Gasteiger partial charge in [-0.3, -0.25) is 0 Å². The number of hydrogen-bond acceptors (Lipinski definition) is 4. The van der Waals surface area contributed by atoms with Gasteiger partial charge in [0.2, 0.25) is 5.75 Å². The standard InChI is InChI=1S/C17H19NO3/c1-19-14-11-13(10-9-12-7-5-4-6-8-12)15(18)17(21-3)16(14)20-2/h4-11H,18H2,1-3H3/b10-9+. The van der Waals surface area contributed by atoms with Gasteiger partial charge < -0.3 is 19.9 Å². The van der Waals surface area contributed by atoms with E-state index in [-0.39, 0.29) is 0 Å². The summed E-state index contributed by atoms with van der Waals surface area (Å²) >= 11 is 0. The zero-order valence-electron chi connectivity index (χ0n) is 12.4. The first-order valence-electron chi connectivity index (χ1n) is 6.52. The molecule has 2 N–H and O–H groups in total. The Kier molecular flexibility index (Phi) is 4.72. The summed E-state index contributed by atoms with van der Waals surface area (Å²) in [6, 6.07) is 11.8. The van der Waals surface area contributed by atoms with Crippen LogP contribution in [0.15, 0.2) is 36.4 Å². The molecule has 0 aliphatic rings. The maximum Gasteiger partial charge on any atom is 0.205 e. The number of benzene rings is 2. The Balaban J connectivity index is 2.47. The van der Waals surface area contributed by atoms with Crippen LogP contribution in [0.2, 0.25) is 0 Å². The Labute approximate surface area is 124 Å². The van der Waals surface area contributed by atoms with E-state index in [4.69, 9.17) is 19.9 Å².